The number of morpholine rings is 1. The molecule has 0 saturated carbocycles. The number of halogens is 1. The first-order valence-electron chi connectivity index (χ1n) is 11.6. The van der Waals surface area contributed by atoms with E-state index in [4.69, 9.17) is 4.74 Å². The van der Waals surface area contributed by atoms with Crippen LogP contribution in [0.15, 0.2) is 53.7 Å². The third kappa shape index (κ3) is 9.10. The van der Waals surface area contributed by atoms with Crippen molar-refractivity contribution in [1.82, 2.24) is 20.5 Å². The van der Waals surface area contributed by atoms with E-state index in [0.717, 1.165) is 51.0 Å². The lowest BCUT2D eigenvalue weighted by Crippen LogP contribution is -2.41. The summed E-state index contributed by atoms with van der Waals surface area (Å²) in [7, 11) is 3.99. The number of ether oxygens (including phenoxy) is 1. The van der Waals surface area contributed by atoms with Gasteiger partial charge in [0.25, 0.3) is 0 Å². The molecule has 0 bridgehead atoms. The molecule has 0 amide bonds. The normalized spacial score (nSPS) is 17.4. The van der Waals surface area contributed by atoms with Gasteiger partial charge in [-0.05, 0) is 50.6 Å². The third-order valence-corrected chi connectivity index (χ3v) is 5.94. The van der Waals surface area contributed by atoms with Crippen LogP contribution in [0, 0.1) is 0 Å². The fraction of sp³-hybridized carbons (Fsp3) is 0.520. The van der Waals surface area contributed by atoms with Crippen LogP contribution in [-0.4, -0.2) is 68.3 Å². The number of aromatic nitrogens is 1. The van der Waals surface area contributed by atoms with Crippen LogP contribution >= 0.6 is 24.0 Å². The number of rotatable bonds is 9. The fourth-order valence-corrected chi connectivity index (χ4v) is 3.82. The van der Waals surface area contributed by atoms with Gasteiger partial charge in [-0.1, -0.05) is 30.3 Å². The predicted molar refractivity (Wildman–Crippen MR) is 147 cm³/mol. The lowest BCUT2D eigenvalue weighted by atomic mass is 10.1. The lowest BCUT2D eigenvalue weighted by Gasteiger charge is -2.32. The molecule has 182 valence electrons. The number of nitrogens with zero attached hydrogens (tertiary/aromatic N) is 4. The van der Waals surface area contributed by atoms with Gasteiger partial charge >= 0.3 is 0 Å². The van der Waals surface area contributed by atoms with Gasteiger partial charge in [-0.25, -0.2) is 4.98 Å². The van der Waals surface area contributed by atoms with Crippen molar-refractivity contribution in [3.05, 3.63) is 59.8 Å². The minimum Gasteiger partial charge on any atom is -0.375 e. The van der Waals surface area contributed by atoms with Gasteiger partial charge < -0.3 is 20.3 Å². The first-order valence-corrected chi connectivity index (χ1v) is 11.6. The van der Waals surface area contributed by atoms with Crippen molar-refractivity contribution in [2.45, 2.75) is 45.5 Å². The first kappa shape index (κ1) is 27.3. The molecule has 8 heteroatoms. The highest BCUT2D eigenvalue weighted by Gasteiger charge is 2.18. The van der Waals surface area contributed by atoms with Gasteiger partial charge in [0, 0.05) is 52.0 Å². The van der Waals surface area contributed by atoms with Crippen molar-refractivity contribution < 1.29 is 4.74 Å². The molecular formula is C25H39IN6O. The second-order valence-electron chi connectivity index (χ2n) is 8.54. The Hall–Kier alpha value is -1.91. The molecule has 1 aromatic heterocycles. The molecule has 2 unspecified atom stereocenters. The average Bonchev–Trinajstić information content (AvgIpc) is 2.82. The van der Waals surface area contributed by atoms with Crippen LogP contribution in [0.5, 0.6) is 0 Å². The van der Waals surface area contributed by atoms with Gasteiger partial charge in [-0.3, -0.25) is 9.89 Å². The van der Waals surface area contributed by atoms with E-state index >= 15 is 0 Å². The highest BCUT2D eigenvalue weighted by atomic mass is 127. The lowest BCUT2D eigenvalue weighted by molar-refractivity contribution is 0.0529. The Morgan fingerprint density at radius 3 is 2.76 bits per heavy atom. The molecule has 7 nitrogen and oxygen atoms in total. The Bertz CT molecular complexity index is 850. The summed E-state index contributed by atoms with van der Waals surface area (Å²) in [5.74, 6) is 1.83. The van der Waals surface area contributed by atoms with Crippen LogP contribution in [-0.2, 0) is 17.8 Å². The SMILES string of the molecule is CN=C(NCCC(C)N(C)Cc1ccccc1)NCc1ccnc(N2CCOC(C)C2)c1.I. The van der Waals surface area contributed by atoms with E-state index in [2.05, 4.69) is 87.7 Å². The second kappa shape index (κ2) is 14.4. The highest BCUT2D eigenvalue weighted by molar-refractivity contribution is 14.0. The van der Waals surface area contributed by atoms with Crippen molar-refractivity contribution in [2.75, 3.05) is 45.2 Å². The van der Waals surface area contributed by atoms with Crippen LogP contribution in [0.2, 0.25) is 0 Å². The number of pyridine rings is 1. The molecule has 33 heavy (non-hydrogen) atoms. The van der Waals surface area contributed by atoms with Crippen LogP contribution in [0.1, 0.15) is 31.4 Å². The van der Waals surface area contributed by atoms with Crippen LogP contribution in [0.4, 0.5) is 5.82 Å². The topological polar surface area (TPSA) is 65.0 Å². The third-order valence-electron chi connectivity index (χ3n) is 5.94. The fourth-order valence-electron chi connectivity index (χ4n) is 3.82. The zero-order valence-electron chi connectivity index (χ0n) is 20.3. The van der Waals surface area contributed by atoms with Crippen LogP contribution in [0.25, 0.3) is 0 Å². The monoisotopic (exact) mass is 566 g/mol. The maximum Gasteiger partial charge on any atom is 0.191 e. The molecular weight excluding hydrogens is 527 g/mol. The van der Waals surface area contributed by atoms with Crippen molar-refractivity contribution in [3.8, 4) is 0 Å². The predicted octanol–water partition coefficient (Wildman–Crippen LogP) is 3.50. The molecule has 1 saturated heterocycles. The number of nitrogens with one attached hydrogen (secondary N) is 2. The molecule has 1 aliphatic heterocycles. The number of aliphatic imine (C=N–C) groups is 1. The maximum atomic E-state index is 5.64. The number of guanidine groups is 1. The molecule has 1 aliphatic rings. The van der Waals surface area contributed by atoms with E-state index in [1.54, 1.807) is 0 Å². The summed E-state index contributed by atoms with van der Waals surface area (Å²) in [4.78, 5) is 13.6. The Balaban J connectivity index is 0.00000385. The van der Waals surface area contributed by atoms with Crippen LogP contribution in [0.3, 0.4) is 0 Å². The van der Waals surface area contributed by atoms with E-state index in [1.165, 1.54) is 11.1 Å². The molecule has 1 aromatic carbocycles. The summed E-state index contributed by atoms with van der Waals surface area (Å²) < 4.78 is 5.64. The molecule has 3 rings (SSSR count). The smallest absolute Gasteiger partial charge is 0.191 e. The summed E-state index contributed by atoms with van der Waals surface area (Å²) in [6, 6.07) is 15.3. The number of anilines is 1. The van der Waals surface area contributed by atoms with Gasteiger partial charge in [0.2, 0.25) is 0 Å². The van der Waals surface area contributed by atoms with E-state index in [9.17, 15) is 0 Å². The average molecular weight is 567 g/mol. The molecule has 2 aromatic rings. The Morgan fingerprint density at radius 1 is 1.24 bits per heavy atom. The van der Waals surface area contributed by atoms with Crippen molar-refractivity contribution in [3.63, 3.8) is 0 Å². The molecule has 2 heterocycles. The van der Waals surface area contributed by atoms with Crippen LogP contribution < -0.4 is 15.5 Å². The zero-order chi connectivity index (χ0) is 22.8. The minimum atomic E-state index is 0. The zero-order valence-corrected chi connectivity index (χ0v) is 22.7. The molecule has 2 atom stereocenters. The van der Waals surface area contributed by atoms with Gasteiger partial charge in [-0.2, -0.15) is 0 Å². The van der Waals surface area contributed by atoms with E-state index < -0.39 is 0 Å². The molecule has 0 radical (unpaired) electrons. The maximum absolute atomic E-state index is 5.64. The summed E-state index contributed by atoms with van der Waals surface area (Å²) in [5.41, 5.74) is 2.53. The number of hydrogen-bond donors (Lipinski definition) is 2. The van der Waals surface area contributed by atoms with Crippen molar-refractivity contribution in [2.24, 2.45) is 4.99 Å². The summed E-state index contributed by atoms with van der Waals surface area (Å²) in [6.07, 6.45) is 3.16. The van der Waals surface area contributed by atoms with Crippen molar-refractivity contribution >= 4 is 35.8 Å². The number of hydrogen-bond acceptors (Lipinski definition) is 5. The minimum absolute atomic E-state index is 0. The Labute approximate surface area is 216 Å². The molecule has 0 spiro atoms. The quantitative estimate of drug-likeness (QED) is 0.275. The summed E-state index contributed by atoms with van der Waals surface area (Å²) >= 11 is 0. The van der Waals surface area contributed by atoms with E-state index in [1.807, 2.05) is 19.3 Å². The van der Waals surface area contributed by atoms with Gasteiger partial charge in [0.05, 0.1) is 12.7 Å². The Morgan fingerprint density at radius 2 is 2.03 bits per heavy atom. The van der Waals surface area contributed by atoms with E-state index in [0.29, 0.717) is 12.6 Å². The molecule has 0 aliphatic carbocycles. The summed E-state index contributed by atoms with van der Waals surface area (Å²) in [6.45, 7) is 9.42. The molecule has 2 N–H and O–H groups in total. The van der Waals surface area contributed by atoms with Gasteiger partial charge in [0.1, 0.15) is 5.82 Å². The standard InChI is InChI=1S/C25H38N6O.HI/c1-20(30(4)19-22-8-6-5-7-9-22)10-12-28-25(26-3)29-17-23-11-13-27-24(16-23)31-14-15-32-21(2)18-31;/h5-9,11,13,16,20-21H,10,12,14-15,17-19H2,1-4H3,(H2,26,28,29);1H. The number of benzene rings is 1. The Kier molecular flexibility index (Phi) is 11.9. The first-order chi connectivity index (χ1) is 15.5. The summed E-state index contributed by atoms with van der Waals surface area (Å²) in [5, 5.41) is 6.86. The molecule has 1 fully saturated rings. The van der Waals surface area contributed by atoms with Crippen molar-refractivity contribution in [1.29, 1.82) is 0 Å². The highest BCUT2D eigenvalue weighted by Crippen LogP contribution is 2.16. The van der Waals surface area contributed by atoms with Gasteiger partial charge in [0.15, 0.2) is 5.96 Å². The van der Waals surface area contributed by atoms with Gasteiger partial charge in [-0.15, -0.1) is 24.0 Å². The van der Waals surface area contributed by atoms with E-state index in [-0.39, 0.29) is 30.1 Å². The second-order valence-corrected chi connectivity index (χ2v) is 8.54. The largest absolute Gasteiger partial charge is 0.375 e.